The molecule has 0 radical (unpaired) electrons. The number of alkyl carbamates (subject to hydrolysis) is 1. The molecular weight excluding hydrogens is 516 g/mol. The average molecular weight is 555 g/mol. The van der Waals surface area contributed by atoms with Crippen molar-refractivity contribution in [2.75, 3.05) is 6.54 Å². The summed E-state index contributed by atoms with van der Waals surface area (Å²) in [5.74, 6) is 2.04. The summed E-state index contributed by atoms with van der Waals surface area (Å²) in [6.07, 6.45) is 7.89. The number of aromatic nitrogens is 1. The first-order valence-electron chi connectivity index (χ1n) is 14.8. The van der Waals surface area contributed by atoms with Crippen LogP contribution < -0.4 is 10.6 Å². The van der Waals surface area contributed by atoms with Crippen LogP contribution in [0, 0.1) is 23.7 Å². The van der Waals surface area contributed by atoms with Crippen LogP contribution >= 0.6 is 0 Å². The summed E-state index contributed by atoms with van der Waals surface area (Å²) in [5, 5.41) is 10.8. The highest BCUT2D eigenvalue weighted by molar-refractivity contribution is 5.91. The summed E-state index contributed by atoms with van der Waals surface area (Å²) in [6, 6.07) is 17.2. The van der Waals surface area contributed by atoms with E-state index in [0.717, 1.165) is 59.5 Å². The lowest BCUT2D eigenvalue weighted by molar-refractivity contribution is -0.128. The molecule has 1 aromatic heterocycles. The minimum Gasteiger partial charge on any atom is -0.446 e. The van der Waals surface area contributed by atoms with Gasteiger partial charge in [0.25, 0.3) is 0 Å². The molecule has 7 rings (SSSR count). The maximum absolute atomic E-state index is 14.0. The fourth-order valence-corrected chi connectivity index (χ4v) is 7.83. The van der Waals surface area contributed by atoms with Gasteiger partial charge in [-0.3, -0.25) is 4.79 Å². The molecule has 0 aliphatic heterocycles. The second kappa shape index (κ2) is 11.5. The fraction of sp³-hybridized carbons (Fsp3) is 0.500. The third-order valence-corrected chi connectivity index (χ3v) is 9.51. The standard InChI is InChI=1S/C32H38N6O3/c1-32(17-25-18-34-28-10-6-5-9-27(25)28,30(39)36-26(19-35-38-33)16-20-7-3-2-4-8-20)37-31(40)41-29-23-12-21-11-22(14-23)15-24(29)13-21/h2-10,18,21-24,26,29,34H,11-17,19H2,1H3,(H,36,39)(H,37,40). The number of hydrogen-bond acceptors (Lipinski definition) is 4. The molecule has 214 valence electrons. The Hall–Kier alpha value is -3.97. The topological polar surface area (TPSA) is 132 Å². The number of hydrogen-bond donors (Lipinski definition) is 3. The van der Waals surface area contributed by atoms with Crippen molar-refractivity contribution in [2.24, 2.45) is 28.8 Å². The molecule has 4 bridgehead atoms. The Morgan fingerprint density at radius 1 is 1.05 bits per heavy atom. The van der Waals surface area contributed by atoms with Crippen LogP contribution in [0.4, 0.5) is 4.79 Å². The molecule has 3 N–H and O–H groups in total. The first-order chi connectivity index (χ1) is 19.9. The molecule has 2 unspecified atom stereocenters. The number of rotatable bonds is 10. The molecule has 9 heteroatoms. The Kier molecular flexibility index (Phi) is 7.63. The molecule has 3 aromatic rings. The molecule has 4 saturated carbocycles. The summed E-state index contributed by atoms with van der Waals surface area (Å²) >= 11 is 0. The zero-order valence-electron chi connectivity index (χ0n) is 23.5. The molecule has 0 saturated heterocycles. The smallest absolute Gasteiger partial charge is 0.408 e. The van der Waals surface area contributed by atoms with E-state index < -0.39 is 17.7 Å². The van der Waals surface area contributed by atoms with Crippen molar-refractivity contribution in [1.29, 1.82) is 0 Å². The largest absolute Gasteiger partial charge is 0.446 e. The number of carbonyl (C=O) groups excluding carboxylic acids is 2. The number of amides is 2. The molecule has 1 heterocycles. The van der Waals surface area contributed by atoms with Crippen molar-refractivity contribution in [2.45, 2.75) is 69.6 Å². The molecule has 4 aliphatic carbocycles. The summed E-state index contributed by atoms with van der Waals surface area (Å²) in [6.45, 7) is 1.84. The summed E-state index contributed by atoms with van der Waals surface area (Å²) in [7, 11) is 0. The predicted molar refractivity (Wildman–Crippen MR) is 157 cm³/mol. The van der Waals surface area contributed by atoms with Crippen molar-refractivity contribution in [3.63, 3.8) is 0 Å². The quantitative estimate of drug-likeness (QED) is 0.160. The van der Waals surface area contributed by atoms with E-state index in [1.807, 2.05) is 60.8 Å². The molecule has 4 fully saturated rings. The molecule has 2 atom stereocenters. The second-order valence-corrected chi connectivity index (χ2v) is 12.6. The SMILES string of the molecule is CC(Cc1c[nH]c2ccccc12)(NC(=O)OC1C2CC3CC(C2)CC1C3)C(=O)NC(CN=[N+]=[N-])Cc1ccccc1. The van der Waals surface area contributed by atoms with Gasteiger partial charge in [0.15, 0.2) is 0 Å². The summed E-state index contributed by atoms with van der Waals surface area (Å²) in [5.41, 5.74) is 10.6. The molecule has 2 amide bonds. The summed E-state index contributed by atoms with van der Waals surface area (Å²) in [4.78, 5) is 33.7. The van der Waals surface area contributed by atoms with Gasteiger partial charge >= 0.3 is 6.09 Å². The number of carbonyl (C=O) groups is 2. The van der Waals surface area contributed by atoms with E-state index in [4.69, 9.17) is 10.3 Å². The van der Waals surface area contributed by atoms with Crippen LogP contribution in [0.1, 0.15) is 50.2 Å². The first-order valence-corrected chi connectivity index (χ1v) is 14.8. The van der Waals surface area contributed by atoms with Crippen LogP contribution in [0.15, 0.2) is 65.9 Å². The minimum atomic E-state index is -1.31. The van der Waals surface area contributed by atoms with E-state index in [1.165, 1.54) is 6.42 Å². The van der Waals surface area contributed by atoms with Crippen LogP contribution in [0.5, 0.6) is 0 Å². The maximum Gasteiger partial charge on any atom is 0.408 e. The number of para-hydroxylation sites is 1. The van der Waals surface area contributed by atoms with Crippen LogP contribution in [0.2, 0.25) is 0 Å². The van der Waals surface area contributed by atoms with Gasteiger partial charge in [-0.15, -0.1) is 0 Å². The monoisotopic (exact) mass is 554 g/mol. The molecule has 4 aliphatic rings. The number of nitrogens with one attached hydrogen (secondary N) is 3. The Labute approximate surface area is 240 Å². The van der Waals surface area contributed by atoms with Gasteiger partial charge in [0, 0.05) is 41.0 Å². The van der Waals surface area contributed by atoms with Crippen LogP contribution in [-0.2, 0) is 22.4 Å². The van der Waals surface area contributed by atoms with Gasteiger partial charge in [0.2, 0.25) is 5.91 Å². The number of aromatic amines is 1. The van der Waals surface area contributed by atoms with Gasteiger partial charge in [-0.05, 0) is 91.8 Å². The van der Waals surface area contributed by atoms with E-state index in [2.05, 4.69) is 25.6 Å². The maximum atomic E-state index is 14.0. The Morgan fingerprint density at radius 2 is 1.73 bits per heavy atom. The van der Waals surface area contributed by atoms with E-state index in [1.54, 1.807) is 6.92 Å². The van der Waals surface area contributed by atoms with Crippen molar-refractivity contribution < 1.29 is 14.3 Å². The van der Waals surface area contributed by atoms with Crippen molar-refractivity contribution in [3.05, 3.63) is 82.4 Å². The van der Waals surface area contributed by atoms with Gasteiger partial charge in [-0.1, -0.05) is 53.6 Å². The van der Waals surface area contributed by atoms with Gasteiger partial charge in [-0.25, -0.2) is 4.79 Å². The fourth-order valence-electron chi connectivity index (χ4n) is 7.83. The molecule has 2 aromatic carbocycles. The molecule has 41 heavy (non-hydrogen) atoms. The zero-order valence-corrected chi connectivity index (χ0v) is 23.5. The molecule has 9 nitrogen and oxygen atoms in total. The number of ether oxygens (including phenoxy) is 1. The number of fused-ring (bicyclic) bond motifs is 1. The number of azide groups is 1. The predicted octanol–water partition coefficient (Wildman–Crippen LogP) is 6.06. The van der Waals surface area contributed by atoms with E-state index in [-0.39, 0.29) is 25.0 Å². The Bertz CT molecular complexity index is 1420. The third kappa shape index (κ3) is 5.91. The highest BCUT2D eigenvalue weighted by Gasteiger charge is 2.50. The second-order valence-electron chi connectivity index (χ2n) is 12.6. The van der Waals surface area contributed by atoms with Crippen LogP contribution in [-0.4, -0.2) is 41.2 Å². The molecular formula is C32H38N6O3. The van der Waals surface area contributed by atoms with Crippen molar-refractivity contribution >= 4 is 22.9 Å². The lowest BCUT2D eigenvalue weighted by atomic mass is 9.55. The van der Waals surface area contributed by atoms with Gasteiger partial charge in [0.1, 0.15) is 11.6 Å². The zero-order chi connectivity index (χ0) is 28.4. The Balaban J connectivity index is 1.22. The van der Waals surface area contributed by atoms with Gasteiger partial charge in [0.05, 0.1) is 0 Å². The van der Waals surface area contributed by atoms with E-state index >= 15 is 0 Å². The van der Waals surface area contributed by atoms with E-state index in [0.29, 0.717) is 18.3 Å². The average Bonchev–Trinajstić information content (AvgIpc) is 3.36. The van der Waals surface area contributed by atoms with Crippen molar-refractivity contribution in [1.82, 2.24) is 15.6 Å². The van der Waals surface area contributed by atoms with E-state index in [9.17, 15) is 9.59 Å². The number of H-pyrrole nitrogens is 1. The Morgan fingerprint density at radius 3 is 2.44 bits per heavy atom. The minimum absolute atomic E-state index is 0.0843. The van der Waals surface area contributed by atoms with Crippen LogP contribution in [0.25, 0.3) is 21.3 Å². The summed E-state index contributed by atoms with van der Waals surface area (Å²) < 4.78 is 6.14. The highest BCUT2D eigenvalue weighted by atomic mass is 16.6. The van der Waals surface area contributed by atoms with Crippen LogP contribution in [0.3, 0.4) is 0 Å². The van der Waals surface area contributed by atoms with Gasteiger partial charge < -0.3 is 20.4 Å². The highest BCUT2D eigenvalue weighted by Crippen LogP contribution is 2.54. The van der Waals surface area contributed by atoms with Gasteiger partial charge in [-0.2, -0.15) is 0 Å². The van der Waals surface area contributed by atoms with Crippen molar-refractivity contribution in [3.8, 4) is 0 Å². The number of nitrogens with zero attached hydrogens (tertiary/aromatic N) is 3. The lowest BCUT2D eigenvalue weighted by Gasteiger charge is -2.53. The normalized spacial score (nSPS) is 26.5. The number of benzene rings is 2. The first kappa shape index (κ1) is 27.2. The molecule has 0 spiro atoms. The lowest BCUT2D eigenvalue weighted by Crippen LogP contribution is -2.61. The third-order valence-electron chi connectivity index (χ3n) is 9.51.